The van der Waals surface area contributed by atoms with E-state index in [1.165, 1.54) is 11.1 Å². The van der Waals surface area contributed by atoms with Crippen LogP contribution in [0, 0.1) is 6.92 Å². The van der Waals surface area contributed by atoms with Gasteiger partial charge in [-0.3, -0.25) is 9.69 Å². The minimum absolute atomic E-state index is 0.0201. The van der Waals surface area contributed by atoms with E-state index in [4.69, 9.17) is 9.47 Å². The lowest BCUT2D eigenvalue weighted by atomic mass is 10.0. The summed E-state index contributed by atoms with van der Waals surface area (Å²) in [5, 5.41) is 7.51. The second-order valence-electron chi connectivity index (χ2n) is 8.19. The molecule has 164 valence electrons. The molecular weight excluding hydrogens is 404 g/mol. The average Bonchev–Trinajstić information content (AvgIpc) is 3.48. The molecule has 0 fully saturated rings. The van der Waals surface area contributed by atoms with Crippen LogP contribution in [-0.4, -0.2) is 47.0 Å². The number of amides is 1. The molecule has 2 aromatic carbocycles. The predicted octanol–water partition coefficient (Wildman–Crippen LogP) is 3.31. The maximum atomic E-state index is 12.4. The number of benzene rings is 2. The van der Waals surface area contributed by atoms with Crippen LogP contribution in [-0.2, 0) is 11.3 Å². The first-order valence-corrected chi connectivity index (χ1v) is 10.8. The molecule has 3 heterocycles. The van der Waals surface area contributed by atoms with Crippen molar-refractivity contribution in [2.24, 2.45) is 0 Å². The van der Waals surface area contributed by atoms with Crippen molar-refractivity contribution in [1.82, 2.24) is 20.0 Å². The van der Waals surface area contributed by atoms with Crippen LogP contribution in [0.3, 0.4) is 0 Å². The Morgan fingerprint density at radius 1 is 1.12 bits per heavy atom. The molecule has 2 aliphatic rings. The Morgan fingerprint density at radius 2 is 1.97 bits per heavy atom. The lowest BCUT2D eigenvalue weighted by Crippen LogP contribution is -2.39. The summed E-state index contributed by atoms with van der Waals surface area (Å²) in [4.78, 5) is 14.6. The number of ether oxygens (including phenoxy) is 2. The zero-order valence-corrected chi connectivity index (χ0v) is 18.1. The van der Waals surface area contributed by atoms with Crippen LogP contribution in [0.2, 0.25) is 0 Å². The van der Waals surface area contributed by atoms with E-state index in [1.807, 2.05) is 29.1 Å². The molecule has 0 saturated carbocycles. The lowest BCUT2D eigenvalue weighted by Gasteiger charge is -2.25. The van der Waals surface area contributed by atoms with Gasteiger partial charge in [-0.1, -0.05) is 29.8 Å². The van der Waals surface area contributed by atoms with Gasteiger partial charge in [-0.25, -0.2) is 4.68 Å². The number of aryl methyl sites for hydroxylation is 1. The normalized spacial score (nSPS) is 15.5. The van der Waals surface area contributed by atoms with Crippen LogP contribution in [0.15, 0.2) is 60.9 Å². The number of rotatable bonds is 6. The molecule has 0 aliphatic carbocycles. The van der Waals surface area contributed by atoms with Crippen LogP contribution in [0.4, 0.5) is 0 Å². The van der Waals surface area contributed by atoms with Crippen molar-refractivity contribution in [1.29, 1.82) is 0 Å². The van der Waals surface area contributed by atoms with Gasteiger partial charge in [0, 0.05) is 31.4 Å². The van der Waals surface area contributed by atoms with Gasteiger partial charge < -0.3 is 14.8 Å². The number of hydrogen-bond donors (Lipinski definition) is 1. The zero-order valence-electron chi connectivity index (χ0n) is 18.1. The SMILES string of the molecule is Cc1ccc(-n2cc(C3=CCN(CC(=O)NCc4ccc5c(c4)OCO5)CC3)cn2)cc1. The van der Waals surface area contributed by atoms with E-state index in [0.29, 0.717) is 13.1 Å². The molecule has 32 heavy (non-hydrogen) atoms. The molecule has 0 unspecified atom stereocenters. The first-order valence-electron chi connectivity index (χ1n) is 10.8. The highest BCUT2D eigenvalue weighted by Crippen LogP contribution is 2.32. The van der Waals surface area contributed by atoms with E-state index in [0.717, 1.165) is 47.8 Å². The van der Waals surface area contributed by atoms with Crippen LogP contribution in [0.5, 0.6) is 11.5 Å². The van der Waals surface area contributed by atoms with Crippen molar-refractivity contribution in [2.45, 2.75) is 19.9 Å². The van der Waals surface area contributed by atoms with E-state index in [2.05, 4.69) is 58.8 Å². The Bertz CT molecular complexity index is 1150. The maximum Gasteiger partial charge on any atom is 0.234 e. The van der Waals surface area contributed by atoms with Crippen molar-refractivity contribution in [3.63, 3.8) is 0 Å². The van der Waals surface area contributed by atoms with Crippen molar-refractivity contribution >= 4 is 11.5 Å². The molecular formula is C25H26N4O3. The third-order valence-electron chi connectivity index (χ3n) is 5.84. The summed E-state index contributed by atoms with van der Waals surface area (Å²) in [5.41, 5.74) is 5.70. The number of nitrogens with one attached hydrogen (secondary N) is 1. The summed E-state index contributed by atoms with van der Waals surface area (Å²) in [7, 11) is 0. The molecule has 7 nitrogen and oxygen atoms in total. The standard InChI is InChI=1S/C25H26N4O3/c1-18-2-5-22(6-3-18)29-15-21(14-27-29)20-8-10-28(11-9-20)16-25(30)26-13-19-4-7-23-24(12-19)32-17-31-23/h2-8,12,14-15H,9-11,13,16-17H2,1H3,(H,26,30). The van der Waals surface area contributed by atoms with Gasteiger partial charge in [-0.05, 0) is 48.7 Å². The topological polar surface area (TPSA) is 68.6 Å². The Kier molecular flexibility index (Phi) is 5.64. The maximum absolute atomic E-state index is 12.4. The van der Waals surface area contributed by atoms with E-state index < -0.39 is 0 Å². The van der Waals surface area contributed by atoms with Crippen molar-refractivity contribution in [3.8, 4) is 17.2 Å². The Labute approximate surface area is 187 Å². The fraction of sp³-hybridized carbons (Fsp3) is 0.280. The second kappa shape index (κ2) is 8.88. The van der Waals surface area contributed by atoms with Gasteiger partial charge in [0.15, 0.2) is 11.5 Å². The van der Waals surface area contributed by atoms with E-state index in [9.17, 15) is 4.79 Å². The number of aromatic nitrogens is 2. The fourth-order valence-corrected chi connectivity index (χ4v) is 3.95. The third kappa shape index (κ3) is 4.53. The molecule has 0 saturated heterocycles. The Morgan fingerprint density at radius 3 is 2.78 bits per heavy atom. The minimum Gasteiger partial charge on any atom is -0.454 e. The van der Waals surface area contributed by atoms with Gasteiger partial charge in [0.25, 0.3) is 0 Å². The number of carbonyl (C=O) groups is 1. The van der Waals surface area contributed by atoms with Crippen LogP contribution < -0.4 is 14.8 Å². The van der Waals surface area contributed by atoms with Crippen LogP contribution in [0.1, 0.15) is 23.1 Å². The van der Waals surface area contributed by atoms with Crippen LogP contribution in [0.25, 0.3) is 11.3 Å². The molecule has 0 radical (unpaired) electrons. The number of hydrogen-bond acceptors (Lipinski definition) is 5. The largest absolute Gasteiger partial charge is 0.454 e. The van der Waals surface area contributed by atoms with E-state index in [1.54, 1.807) is 0 Å². The summed E-state index contributed by atoms with van der Waals surface area (Å²) in [6.07, 6.45) is 7.09. The summed E-state index contributed by atoms with van der Waals surface area (Å²) in [6, 6.07) is 14.1. The van der Waals surface area contributed by atoms with Crippen molar-refractivity contribution in [2.75, 3.05) is 26.4 Å². The molecule has 0 atom stereocenters. The fourth-order valence-electron chi connectivity index (χ4n) is 3.95. The highest BCUT2D eigenvalue weighted by Gasteiger charge is 2.17. The molecule has 0 spiro atoms. The van der Waals surface area contributed by atoms with Gasteiger partial charge in [0.05, 0.1) is 18.4 Å². The minimum atomic E-state index is 0.0201. The number of carbonyl (C=O) groups excluding carboxylic acids is 1. The van der Waals surface area contributed by atoms with Crippen LogP contribution >= 0.6 is 0 Å². The van der Waals surface area contributed by atoms with E-state index in [-0.39, 0.29) is 12.7 Å². The zero-order chi connectivity index (χ0) is 21.9. The highest BCUT2D eigenvalue weighted by molar-refractivity contribution is 5.78. The van der Waals surface area contributed by atoms with E-state index >= 15 is 0 Å². The molecule has 0 bridgehead atoms. The second-order valence-corrected chi connectivity index (χ2v) is 8.19. The first kappa shape index (κ1) is 20.3. The molecule has 3 aromatic rings. The summed E-state index contributed by atoms with van der Waals surface area (Å²) in [6.45, 7) is 4.79. The average molecular weight is 431 g/mol. The first-order chi connectivity index (χ1) is 15.6. The molecule has 1 amide bonds. The molecule has 5 rings (SSSR count). The van der Waals surface area contributed by atoms with Gasteiger partial charge in [0.1, 0.15) is 0 Å². The molecule has 1 aromatic heterocycles. The predicted molar refractivity (Wildman–Crippen MR) is 122 cm³/mol. The lowest BCUT2D eigenvalue weighted by molar-refractivity contribution is -0.122. The Hall–Kier alpha value is -3.58. The third-order valence-corrected chi connectivity index (χ3v) is 5.84. The van der Waals surface area contributed by atoms with Gasteiger partial charge in [0.2, 0.25) is 12.7 Å². The highest BCUT2D eigenvalue weighted by atomic mass is 16.7. The number of fused-ring (bicyclic) bond motifs is 1. The van der Waals surface area contributed by atoms with Gasteiger partial charge in [-0.15, -0.1) is 0 Å². The van der Waals surface area contributed by atoms with Crippen molar-refractivity contribution in [3.05, 3.63) is 77.6 Å². The summed E-state index contributed by atoms with van der Waals surface area (Å²) < 4.78 is 12.6. The monoisotopic (exact) mass is 430 g/mol. The van der Waals surface area contributed by atoms with Gasteiger partial charge >= 0.3 is 0 Å². The molecule has 2 aliphatic heterocycles. The van der Waals surface area contributed by atoms with Crippen molar-refractivity contribution < 1.29 is 14.3 Å². The smallest absolute Gasteiger partial charge is 0.234 e. The Balaban J connectivity index is 1.13. The summed E-state index contributed by atoms with van der Waals surface area (Å²) in [5.74, 6) is 1.50. The number of nitrogens with zero attached hydrogens (tertiary/aromatic N) is 3. The molecule has 1 N–H and O–H groups in total. The summed E-state index contributed by atoms with van der Waals surface area (Å²) >= 11 is 0. The van der Waals surface area contributed by atoms with Gasteiger partial charge in [-0.2, -0.15) is 5.10 Å². The molecule has 7 heteroatoms. The quantitative estimate of drug-likeness (QED) is 0.650.